The number of benzene rings is 2. The normalized spacial score (nSPS) is 10.3. The molecule has 0 aliphatic rings. The zero-order chi connectivity index (χ0) is 18.2. The molecule has 0 unspecified atom stereocenters. The van der Waals surface area contributed by atoms with Crippen LogP contribution in [0.25, 0.3) is 0 Å². The van der Waals surface area contributed by atoms with E-state index in [0.29, 0.717) is 23.7 Å². The number of nitrogens with zero attached hydrogens (tertiary/aromatic N) is 1. The SMILES string of the molecule is O=C(NCCc1ccc(Cl)cc1)c1ccc(NCc2ccccc2)nc1. The summed E-state index contributed by atoms with van der Waals surface area (Å²) in [5.41, 5.74) is 2.86. The smallest absolute Gasteiger partial charge is 0.252 e. The Kier molecular flexibility index (Phi) is 6.23. The number of aromatic nitrogens is 1. The highest BCUT2D eigenvalue weighted by atomic mass is 35.5. The molecule has 1 aromatic heterocycles. The number of pyridine rings is 1. The van der Waals surface area contributed by atoms with Crippen molar-refractivity contribution in [2.75, 3.05) is 11.9 Å². The van der Waals surface area contributed by atoms with E-state index in [4.69, 9.17) is 11.6 Å². The Morgan fingerprint density at radius 3 is 2.38 bits per heavy atom. The van der Waals surface area contributed by atoms with Crippen LogP contribution < -0.4 is 10.6 Å². The topological polar surface area (TPSA) is 54.0 Å². The number of amides is 1. The van der Waals surface area contributed by atoms with Gasteiger partial charge in [0.2, 0.25) is 0 Å². The van der Waals surface area contributed by atoms with Gasteiger partial charge in [0, 0.05) is 24.3 Å². The second-order valence-electron chi connectivity index (χ2n) is 5.90. The van der Waals surface area contributed by atoms with Gasteiger partial charge in [0.05, 0.1) is 5.56 Å². The third-order valence-corrected chi connectivity index (χ3v) is 4.21. The van der Waals surface area contributed by atoms with Crippen LogP contribution in [-0.4, -0.2) is 17.4 Å². The summed E-state index contributed by atoms with van der Waals surface area (Å²) in [6.45, 7) is 1.26. The van der Waals surface area contributed by atoms with Crippen molar-refractivity contribution in [2.24, 2.45) is 0 Å². The van der Waals surface area contributed by atoms with Crippen molar-refractivity contribution in [1.29, 1.82) is 0 Å². The number of carbonyl (C=O) groups is 1. The van der Waals surface area contributed by atoms with Crippen molar-refractivity contribution in [3.05, 3.63) is 94.6 Å². The molecule has 2 N–H and O–H groups in total. The van der Waals surface area contributed by atoms with E-state index < -0.39 is 0 Å². The summed E-state index contributed by atoms with van der Waals surface area (Å²) < 4.78 is 0. The van der Waals surface area contributed by atoms with E-state index >= 15 is 0 Å². The minimum absolute atomic E-state index is 0.124. The van der Waals surface area contributed by atoms with Crippen molar-refractivity contribution >= 4 is 23.3 Å². The fourth-order valence-corrected chi connectivity index (χ4v) is 2.62. The highest BCUT2D eigenvalue weighted by Crippen LogP contribution is 2.10. The number of halogens is 1. The Hall–Kier alpha value is -2.85. The quantitative estimate of drug-likeness (QED) is 0.655. The van der Waals surface area contributed by atoms with E-state index in [2.05, 4.69) is 27.8 Å². The first-order valence-electron chi connectivity index (χ1n) is 8.47. The number of rotatable bonds is 7. The molecular formula is C21H20ClN3O. The number of hydrogen-bond acceptors (Lipinski definition) is 3. The summed E-state index contributed by atoms with van der Waals surface area (Å²) in [5, 5.41) is 6.86. The van der Waals surface area contributed by atoms with Crippen LogP contribution in [0, 0.1) is 0 Å². The molecule has 3 rings (SSSR count). The average Bonchev–Trinajstić information content (AvgIpc) is 2.69. The largest absolute Gasteiger partial charge is 0.366 e. The summed E-state index contributed by atoms with van der Waals surface area (Å²) in [6.07, 6.45) is 2.35. The maximum atomic E-state index is 12.2. The molecule has 4 nitrogen and oxygen atoms in total. The predicted molar refractivity (Wildman–Crippen MR) is 105 cm³/mol. The second kappa shape index (κ2) is 9.02. The Bertz CT molecular complexity index is 833. The predicted octanol–water partition coefficient (Wildman–Crippen LogP) is 4.32. The average molecular weight is 366 g/mol. The Morgan fingerprint density at radius 1 is 0.923 bits per heavy atom. The molecule has 0 spiro atoms. The zero-order valence-electron chi connectivity index (χ0n) is 14.3. The second-order valence-corrected chi connectivity index (χ2v) is 6.34. The monoisotopic (exact) mass is 365 g/mol. The van der Waals surface area contributed by atoms with Gasteiger partial charge in [-0.3, -0.25) is 4.79 Å². The standard InChI is InChI=1S/C21H20ClN3O/c22-19-9-6-16(7-10-19)12-13-23-21(26)18-8-11-20(25-15-18)24-14-17-4-2-1-3-5-17/h1-11,15H,12-14H2,(H,23,26)(H,24,25). The van der Waals surface area contributed by atoms with Crippen LogP contribution in [0.1, 0.15) is 21.5 Å². The lowest BCUT2D eigenvalue weighted by Gasteiger charge is -2.08. The molecule has 0 atom stereocenters. The van der Waals surface area contributed by atoms with E-state index in [9.17, 15) is 4.79 Å². The highest BCUT2D eigenvalue weighted by Gasteiger charge is 2.06. The fourth-order valence-electron chi connectivity index (χ4n) is 2.49. The molecule has 0 aliphatic carbocycles. The Morgan fingerprint density at radius 2 is 1.69 bits per heavy atom. The summed E-state index contributed by atoms with van der Waals surface area (Å²) in [5.74, 6) is 0.618. The number of nitrogens with one attached hydrogen (secondary N) is 2. The van der Waals surface area contributed by atoms with Crippen molar-refractivity contribution in [3.63, 3.8) is 0 Å². The van der Waals surface area contributed by atoms with Gasteiger partial charge in [-0.2, -0.15) is 0 Å². The molecule has 2 aromatic carbocycles. The molecule has 0 saturated carbocycles. The molecular weight excluding hydrogens is 346 g/mol. The van der Waals surface area contributed by atoms with Gasteiger partial charge in [-0.05, 0) is 41.8 Å². The molecule has 5 heteroatoms. The number of anilines is 1. The zero-order valence-corrected chi connectivity index (χ0v) is 15.0. The van der Waals surface area contributed by atoms with E-state index in [1.54, 1.807) is 12.3 Å². The molecule has 132 valence electrons. The third-order valence-electron chi connectivity index (χ3n) is 3.95. The van der Waals surface area contributed by atoms with Crippen LogP contribution in [0.5, 0.6) is 0 Å². The van der Waals surface area contributed by atoms with Crippen LogP contribution in [-0.2, 0) is 13.0 Å². The van der Waals surface area contributed by atoms with Crippen LogP contribution in [0.3, 0.4) is 0 Å². The Labute approximate surface area is 158 Å². The van der Waals surface area contributed by atoms with Gasteiger partial charge in [0.1, 0.15) is 5.82 Å². The Balaban J connectivity index is 1.46. The van der Waals surface area contributed by atoms with Gasteiger partial charge in [0.15, 0.2) is 0 Å². The van der Waals surface area contributed by atoms with Gasteiger partial charge in [-0.25, -0.2) is 4.98 Å². The van der Waals surface area contributed by atoms with Gasteiger partial charge < -0.3 is 10.6 Å². The van der Waals surface area contributed by atoms with Gasteiger partial charge >= 0.3 is 0 Å². The number of carbonyl (C=O) groups excluding carboxylic acids is 1. The number of hydrogen-bond donors (Lipinski definition) is 2. The molecule has 0 radical (unpaired) electrons. The first-order valence-corrected chi connectivity index (χ1v) is 8.85. The molecule has 26 heavy (non-hydrogen) atoms. The van der Waals surface area contributed by atoms with Gasteiger partial charge in [-0.15, -0.1) is 0 Å². The van der Waals surface area contributed by atoms with Gasteiger partial charge in [0.25, 0.3) is 5.91 Å². The van der Waals surface area contributed by atoms with E-state index in [-0.39, 0.29) is 5.91 Å². The highest BCUT2D eigenvalue weighted by molar-refractivity contribution is 6.30. The first kappa shape index (κ1) is 18.0. The van der Waals surface area contributed by atoms with Crippen LogP contribution in [0.2, 0.25) is 5.02 Å². The molecule has 0 fully saturated rings. The summed E-state index contributed by atoms with van der Waals surface area (Å²) in [7, 11) is 0. The van der Waals surface area contributed by atoms with E-state index in [0.717, 1.165) is 17.8 Å². The van der Waals surface area contributed by atoms with E-state index in [1.165, 1.54) is 5.56 Å². The fraction of sp³-hybridized carbons (Fsp3) is 0.143. The summed E-state index contributed by atoms with van der Waals surface area (Å²) in [6, 6.07) is 21.3. The van der Waals surface area contributed by atoms with Crippen molar-refractivity contribution in [1.82, 2.24) is 10.3 Å². The molecule has 1 amide bonds. The summed E-state index contributed by atoms with van der Waals surface area (Å²) in [4.78, 5) is 16.5. The molecule has 0 aliphatic heterocycles. The van der Waals surface area contributed by atoms with Crippen molar-refractivity contribution in [2.45, 2.75) is 13.0 Å². The van der Waals surface area contributed by atoms with Crippen LogP contribution >= 0.6 is 11.6 Å². The molecule has 1 heterocycles. The third kappa shape index (κ3) is 5.33. The maximum absolute atomic E-state index is 12.2. The summed E-state index contributed by atoms with van der Waals surface area (Å²) >= 11 is 5.86. The van der Waals surface area contributed by atoms with Crippen LogP contribution in [0.4, 0.5) is 5.82 Å². The first-order chi connectivity index (χ1) is 12.7. The molecule has 3 aromatic rings. The van der Waals surface area contributed by atoms with Crippen LogP contribution in [0.15, 0.2) is 72.9 Å². The maximum Gasteiger partial charge on any atom is 0.252 e. The van der Waals surface area contributed by atoms with Crippen molar-refractivity contribution in [3.8, 4) is 0 Å². The molecule has 0 bridgehead atoms. The minimum Gasteiger partial charge on any atom is -0.366 e. The lowest BCUT2D eigenvalue weighted by atomic mass is 10.1. The lowest BCUT2D eigenvalue weighted by molar-refractivity contribution is 0.0954. The van der Waals surface area contributed by atoms with E-state index in [1.807, 2.05) is 48.5 Å². The molecule has 0 saturated heterocycles. The lowest BCUT2D eigenvalue weighted by Crippen LogP contribution is -2.25. The minimum atomic E-state index is -0.124. The van der Waals surface area contributed by atoms with Gasteiger partial charge in [-0.1, -0.05) is 54.1 Å². The van der Waals surface area contributed by atoms with Crippen molar-refractivity contribution < 1.29 is 4.79 Å².